The van der Waals surface area contributed by atoms with Crippen LogP contribution in [0.15, 0.2) is 30.5 Å². The molecule has 32 heavy (non-hydrogen) atoms. The number of nitrogens with one attached hydrogen (secondary N) is 1. The van der Waals surface area contributed by atoms with Gasteiger partial charge in [-0.1, -0.05) is 24.3 Å². The minimum atomic E-state index is -3.64. The first-order chi connectivity index (χ1) is 15.3. The number of hydrogen-bond acceptors (Lipinski definition) is 5. The van der Waals surface area contributed by atoms with Crippen molar-refractivity contribution in [1.82, 2.24) is 13.9 Å². The molecule has 3 aliphatic heterocycles. The Kier molecular flexibility index (Phi) is 6.90. The normalized spacial score (nSPS) is 32.2. The Morgan fingerprint density at radius 2 is 1.84 bits per heavy atom. The van der Waals surface area contributed by atoms with Gasteiger partial charge >= 0.3 is 6.09 Å². The van der Waals surface area contributed by atoms with Crippen LogP contribution in [0.4, 0.5) is 4.79 Å². The summed E-state index contributed by atoms with van der Waals surface area (Å²) in [6.07, 6.45) is 7.38. The number of carbonyl (C=O) groups is 1. The Hall–Kier alpha value is -1.94. The fourth-order valence-electron chi connectivity index (χ4n) is 5.13. The Labute approximate surface area is 190 Å². The van der Waals surface area contributed by atoms with Gasteiger partial charge in [0.1, 0.15) is 0 Å². The minimum Gasteiger partial charge on any atom is -0.418 e. The van der Waals surface area contributed by atoms with Gasteiger partial charge in [0.05, 0.1) is 25.0 Å². The first-order valence-corrected chi connectivity index (χ1v) is 12.8. The molecule has 2 bridgehead atoms. The molecule has 1 aliphatic carbocycles. The first-order valence-electron chi connectivity index (χ1n) is 11.3. The van der Waals surface area contributed by atoms with Crippen LogP contribution in [0, 0.1) is 0 Å². The number of amides is 1. The Morgan fingerprint density at radius 1 is 1.12 bits per heavy atom. The Morgan fingerprint density at radius 3 is 2.56 bits per heavy atom. The number of hydrogen-bond donors (Lipinski definition) is 1. The molecule has 4 aliphatic rings. The summed E-state index contributed by atoms with van der Waals surface area (Å²) in [4.78, 5) is 14.6. The van der Waals surface area contributed by atoms with E-state index >= 15 is 0 Å². The quantitative estimate of drug-likeness (QED) is 0.744. The van der Waals surface area contributed by atoms with Gasteiger partial charge in [-0.3, -0.25) is 4.90 Å². The van der Waals surface area contributed by atoms with Crippen molar-refractivity contribution in [2.45, 2.75) is 69.2 Å². The third kappa shape index (κ3) is 4.85. The lowest BCUT2D eigenvalue weighted by Crippen LogP contribution is -2.52. The average molecular weight is 464 g/mol. The fraction of sp³-hybridized carbons (Fsp3) is 0.609. The number of benzene rings is 1. The standard InChI is InChI=1S/C23H33N3O5S/c1-16-14-21(24-32(28,29)25(2)3)22-15-31-19-10-8-18(9-11-19)20-7-5-4-6-17(20)12-13-30-23(27)26(16)22/h4-7,12-13,16,18-19,21-22,24H,8-11,14-15H2,1-3H3/b13-12+/t16-,18?,19?,21+,22+/m1/s1. The van der Waals surface area contributed by atoms with Crippen LogP contribution in [0.3, 0.4) is 0 Å². The predicted octanol–water partition coefficient (Wildman–Crippen LogP) is 3.08. The molecule has 3 heterocycles. The van der Waals surface area contributed by atoms with Crippen LogP contribution >= 0.6 is 0 Å². The zero-order valence-corrected chi connectivity index (χ0v) is 19.8. The largest absolute Gasteiger partial charge is 0.418 e. The molecule has 5 rings (SSSR count). The van der Waals surface area contributed by atoms with E-state index in [1.165, 1.54) is 25.9 Å². The number of carbonyl (C=O) groups excluding carboxylic acids is 1. The molecule has 1 aromatic rings. The van der Waals surface area contributed by atoms with Gasteiger partial charge in [-0.25, -0.2) is 4.79 Å². The van der Waals surface area contributed by atoms with Crippen molar-refractivity contribution in [3.05, 3.63) is 41.7 Å². The van der Waals surface area contributed by atoms with E-state index in [0.717, 1.165) is 35.6 Å². The van der Waals surface area contributed by atoms with Gasteiger partial charge in [-0.2, -0.15) is 17.4 Å². The maximum Gasteiger partial charge on any atom is 0.415 e. The summed E-state index contributed by atoms with van der Waals surface area (Å²) in [7, 11) is -0.676. The van der Waals surface area contributed by atoms with Crippen LogP contribution in [0.2, 0.25) is 0 Å². The van der Waals surface area contributed by atoms with Crippen LogP contribution in [0.1, 0.15) is 56.1 Å². The molecule has 1 aromatic carbocycles. The molecule has 0 unspecified atom stereocenters. The molecule has 2 fully saturated rings. The molecule has 1 N–H and O–H groups in total. The van der Waals surface area contributed by atoms with Gasteiger partial charge in [0.2, 0.25) is 0 Å². The zero-order valence-electron chi connectivity index (χ0n) is 18.9. The van der Waals surface area contributed by atoms with Crippen molar-refractivity contribution in [3.63, 3.8) is 0 Å². The fourth-order valence-corrected chi connectivity index (χ4v) is 5.98. The topological polar surface area (TPSA) is 88.2 Å². The van der Waals surface area contributed by atoms with Crippen LogP contribution < -0.4 is 4.72 Å². The summed E-state index contributed by atoms with van der Waals surface area (Å²) >= 11 is 0. The molecule has 176 valence electrons. The number of rotatable bonds is 3. The monoisotopic (exact) mass is 463 g/mol. The van der Waals surface area contributed by atoms with Crippen LogP contribution in [-0.2, 0) is 19.7 Å². The first kappa shape index (κ1) is 23.2. The van der Waals surface area contributed by atoms with Gasteiger partial charge < -0.3 is 9.47 Å². The van der Waals surface area contributed by atoms with E-state index < -0.39 is 28.4 Å². The van der Waals surface area contributed by atoms with Crippen molar-refractivity contribution in [3.8, 4) is 0 Å². The van der Waals surface area contributed by atoms with Crippen LogP contribution in [-0.4, -0.2) is 68.6 Å². The maximum absolute atomic E-state index is 13.0. The molecule has 0 radical (unpaired) electrons. The van der Waals surface area contributed by atoms with Gasteiger partial charge in [0.25, 0.3) is 10.2 Å². The summed E-state index contributed by atoms with van der Waals surface area (Å²) in [5, 5.41) is 0. The summed E-state index contributed by atoms with van der Waals surface area (Å²) < 4.78 is 40.6. The van der Waals surface area contributed by atoms with Crippen molar-refractivity contribution < 1.29 is 22.7 Å². The molecule has 1 saturated heterocycles. The maximum atomic E-state index is 13.0. The summed E-state index contributed by atoms with van der Waals surface area (Å²) in [6.45, 7) is 2.18. The van der Waals surface area contributed by atoms with E-state index in [1.54, 1.807) is 4.90 Å². The van der Waals surface area contributed by atoms with Crippen molar-refractivity contribution in [2.75, 3.05) is 20.7 Å². The Bertz CT molecular complexity index is 956. The Balaban J connectivity index is 1.62. The van der Waals surface area contributed by atoms with E-state index in [-0.39, 0.29) is 18.8 Å². The lowest BCUT2D eigenvalue weighted by molar-refractivity contribution is -0.00763. The number of nitrogens with zero attached hydrogens (tertiary/aromatic N) is 2. The molecule has 1 saturated carbocycles. The van der Waals surface area contributed by atoms with E-state index in [9.17, 15) is 13.2 Å². The predicted molar refractivity (Wildman–Crippen MR) is 122 cm³/mol. The van der Waals surface area contributed by atoms with E-state index in [1.807, 2.05) is 25.1 Å². The van der Waals surface area contributed by atoms with Crippen molar-refractivity contribution >= 4 is 22.4 Å². The smallest absolute Gasteiger partial charge is 0.415 e. The molecule has 1 amide bonds. The summed E-state index contributed by atoms with van der Waals surface area (Å²) in [5.41, 5.74) is 2.34. The van der Waals surface area contributed by atoms with Gasteiger partial charge in [0, 0.05) is 26.2 Å². The highest BCUT2D eigenvalue weighted by Gasteiger charge is 2.45. The third-order valence-electron chi connectivity index (χ3n) is 6.91. The van der Waals surface area contributed by atoms with Gasteiger partial charge in [-0.05, 0) is 62.1 Å². The van der Waals surface area contributed by atoms with E-state index in [2.05, 4.69) is 16.9 Å². The highest BCUT2D eigenvalue weighted by atomic mass is 32.2. The van der Waals surface area contributed by atoms with Gasteiger partial charge in [0.15, 0.2) is 0 Å². The lowest BCUT2D eigenvalue weighted by Gasteiger charge is -2.34. The van der Waals surface area contributed by atoms with Crippen LogP contribution in [0.25, 0.3) is 6.08 Å². The zero-order chi connectivity index (χ0) is 22.9. The van der Waals surface area contributed by atoms with Gasteiger partial charge in [-0.15, -0.1) is 0 Å². The summed E-state index contributed by atoms with van der Waals surface area (Å²) in [6, 6.07) is 7.17. The minimum absolute atomic E-state index is 0.108. The second-order valence-electron chi connectivity index (χ2n) is 9.19. The number of ether oxygens (including phenoxy) is 2. The van der Waals surface area contributed by atoms with E-state index in [0.29, 0.717) is 12.3 Å². The van der Waals surface area contributed by atoms with Crippen molar-refractivity contribution in [2.24, 2.45) is 0 Å². The second-order valence-corrected chi connectivity index (χ2v) is 11.1. The SMILES string of the molecule is C[C@@H]1C[C@H](NS(=O)(=O)N(C)C)[C@@H]2COC3CCC(CC3)c3ccccc3/C=C/OC(=O)N12. The summed E-state index contributed by atoms with van der Waals surface area (Å²) in [5.74, 6) is 0.456. The molecular weight excluding hydrogens is 430 g/mol. The molecule has 0 aromatic heterocycles. The second kappa shape index (κ2) is 9.51. The third-order valence-corrected chi connectivity index (χ3v) is 8.47. The molecule has 3 atom stereocenters. The highest BCUT2D eigenvalue weighted by Crippen LogP contribution is 2.37. The molecule has 9 heteroatoms. The lowest BCUT2D eigenvalue weighted by atomic mass is 9.81. The van der Waals surface area contributed by atoms with Crippen LogP contribution in [0.5, 0.6) is 0 Å². The number of fused-ring (bicyclic) bond motifs is 5. The molecule has 0 spiro atoms. The molecular formula is C23H33N3O5S. The highest BCUT2D eigenvalue weighted by molar-refractivity contribution is 7.87. The average Bonchev–Trinajstić information content (AvgIpc) is 3.06. The van der Waals surface area contributed by atoms with E-state index in [4.69, 9.17) is 9.47 Å². The molecule has 8 nitrogen and oxygen atoms in total. The van der Waals surface area contributed by atoms with Crippen molar-refractivity contribution in [1.29, 1.82) is 0 Å².